The first-order valence-corrected chi connectivity index (χ1v) is 10.2. The highest BCUT2D eigenvalue weighted by Crippen LogP contribution is 2.28. The molecule has 0 aliphatic carbocycles. The van der Waals surface area contributed by atoms with Crippen molar-refractivity contribution in [1.29, 1.82) is 0 Å². The van der Waals surface area contributed by atoms with E-state index in [-0.39, 0.29) is 11.9 Å². The average Bonchev–Trinajstić information content (AvgIpc) is 3.30. The molecule has 19 nitrogen and oxygen atoms in total. The highest BCUT2D eigenvalue weighted by atomic mass is 16.6. The molecule has 2 aromatic rings. The van der Waals surface area contributed by atoms with Crippen LogP contribution in [0.2, 0.25) is 0 Å². The van der Waals surface area contributed by atoms with Gasteiger partial charge in [-0.1, -0.05) is 0 Å². The standard InChI is InChI=1S/2C8H12N4O5.CH4O/c2*9-7-10-2-12(8(16)11-7)6-5(15)4(14)3(1-13)17-6;1-2/h2*2-6,13-15H,1H2,(H2,9,11,16);2H,1H3/t2*3-,4+,5?,6-;/m11./s1. The zero-order valence-electron chi connectivity index (χ0n) is 18.8. The monoisotopic (exact) mass is 520 g/mol. The van der Waals surface area contributed by atoms with Gasteiger partial charge in [0.25, 0.3) is 0 Å². The van der Waals surface area contributed by atoms with Crippen molar-refractivity contribution in [1.82, 2.24) is 29.1 Å². The zero-order chi connectivity index (χ0) is 27.2. The lowest BCUT2D eigenvalue weighted by Crippen LogP contribution is -2.36. The molecule has 4 rings (SSSR count). The Hall–Kier alpha value is -3.14. The van der Waals surface area contributed by atoms with Crippen LogP contribution >= 0.6 is 0 Å². The van der Waals surface area contributed by atoms with Gasteiger partial charge in [0.2, 0.25) is 11.9 Å². The molecule has 0 spiro atoms. The summed E-state index contributed by atoms with van der Waals surface area (Å²) in [5.74, 6) is -0.393. The second-order valence-corrected chi connectivity index (χ2v) is 7.27. The number of rotatable bonds is 4. The van der Waals surface area contributed by atoms with Gasteiger partial charge in [0.05, 0.1) is 13.2 Å². The van der Waals surface area contributed by atoms with Crippen molar-refractivity contribution in [3.63, 3.8) is 0 Å². The Bertz CT molecular complexity index is 1020. The van der Waals surface area contributed by atoms with Crippen molar-refractivity contribution < 1.29 is 45.2 Å². The first kappa shape index (κ1) is 29.1. The van der Waals surface area contributed by atoms with Crippen LogP contribution in [0.5, 0.6) is 0 Å². The lowest BCUT2D eigenvalue weighted by atomic mass is 10.1. The molecule has 8 atom stereocenters. The molecular formula is C17H28N8O11. The van der Waals surface area contributed by atoms with E-state index in [1.54, 1.807) is 0 Å². The van der Waals surface area contributed by atoms with E-state index in [2.05, 4.69) is 19.9 Å². The maximum Gasteiger partial charge on any atom is 0.354 e. The van der Waals surface area contributed by atoms with Gasteiger partial charge in [0.15, 0.2) is 12.5 Å². The van der Waals surface area contributed by atoms with Crippen LogP contribution in [-0.4, -0.2) is 122 Å². The first-order chi connectivity index (χ1) is 17.1. The van der Waals surface area contributed by atoms with Crippen molar-refractivity contribution in [3.05, 3.63) is 33.6 Å². The van der Waals surface area contributed by atoms with Crippen molar-refractivity contribution in [2.75, 3.05) is 31.8 Å². The van der Waals surface area contributed by atoms with E-state index in [0.29, 0.717) is 0 Å². The van der Waals surface area contributed by atoms with Crippen molar-refractivity contribution in [3.8, 4) is 0 Å². The molecule has 202 valence electrons. The Morgan fingerprint density at radius 2 is 1.08 bits per heavy atom. The number of nitrogens with two attached hydrogens (primary N) is 2. The lowest BCUT2D eigenvalue weighted by Gasteiger charge is -2.16. The minimum absolute atomic E-state index is 0.196. The molecule has 0 radical (unpaired) electrons. The van der Waals surface area contributed by atoms with Crippen molar-refractivity contribution in [2.24, 2.45) is 0 Å². The number of nitrogens with zero attached hydrogens (tertiary/aromatic N) is 6. The normalized spacial score (nSPS) is 31.2. The molecule has 2 aliphatic heterocycles. The summed E-state index contributed by atoms with van der Waals surface area (Å²) in [5.41, 5.74) is 8.91. The molecule has 0 saturated carbocycles. The Balaban J connectivity index is 0.000000237. The number of nitrogen functional groups attached to an aromatic ring is 2. The Labute approximate surface area is 201 Å². The number of anilines is 2. The summed E-state index contributed by atoms with van der Waals surface area (Å²) in [7, 11) is 1.00. The molecule has 11 N–H and O–H groups in total. The summed E-state index contributed by atoms with van der Waals surface area (Å²) in [5, 5.41) is 63.2. The van der Waals surface area contributed by atoms with Crippen molar-refractivity contribution >= 4 is 11.9 Å². The van der Waals surface area contributed by atoms with E-state index in [4.69, 9.17) is 36.3 Å². The van der Waals surface area contributed by atoms with Crippen LogP contribution in [0, 0.1) is 0 Å². The summed E-state index contributed by atoms with van der Waals surface area (Å²) in [4.78, 5) is 36.9. The third-order valence-electron chi connectivity index (χ3n) is 5.07. The van der Waals surface area contributed by atoms with Crippen LogP contribution in [-0.2, 0) is 9.47 Å². The molecule has 2 aromatic heterocycles. The minimum atomic E-state index is -1.35. The molecule has 0 aromatic carbocycles. The van der Waals surface area contributed by atoms with Gasteiger partial charge in [-0.25, -0.2) is 19.6 Å². The minimum Gasteiger partial charge on any atom is -0.400 e. The number of aliphatic hydroxyl groups is 7. The van der Waals surface area contributed by atoms with E-state index >= 15 is 0 Å². The van der Waals surface area contributed by atoms with E-state index in [0.717, 1.165) is 28.9 Å². The van der Waals surface area contributed by atoms with E-state index < -0.39 is 73.7 Å². The van der Waals surface area contributed by atoms with Gasteiger partial charge < -0.3 is 56.7 Å². The fourth-order valence-corrected chi connectivity index (χ4v) is 3.28. The summed E-state index contributed by atoms with van der Waals surface area (Å²) in [6.07, 6.45) is -7.35. The van der Waals surface area contributed by atoms with Gasteiger partial charge in [-0.3, -0.25) is 9.13 Å². The predicted molar refractivity (Wildman–Crippen MR) is 116 cm³/mol. The molecule has 2 saturated heterocycles. The van der Waals surface area contributed by atoms with Crippen LogP contribution in [0.15, 0.2) is 22.2 Å². The smallest absolute Gasteiger partial charge is 0.354 e. The van der Waals surface area contributed by atoms with Crippen molar-refractivity contribution in [2.45, 2.75) is 49.1 Å². The van der Waals surface area contributed by atoms with Gasteiger partial charge in [-0.15, -0.1) is 0 Å². The van der Waals surface area contributed by atoms with Gasteiger partial charge in [-0.05, 0) is 0 Å². The Kier molecular flexibility index (Phi) is 10.3. The zero-order valence-corrected chi connectivity index (χ0v) is 18.8. The quantitative estimate of drug-likeness (QED) is 0.181. The maximum absolute atomic E-state index is 11.5. The average molecular weight is 520 g/mol. The van der Waals surface area contributed by atoms with Crippen LogP contribution < -0.4 is 22.8 Å². The van der Waals surface area contributed by atoms with Crippen LogP contribution in [0.3, 0.4) is 0 Å². The number of hydrogen-bond donors (Lipinski definition) is 9. The second kappa shape index (κ2) is 12.7. The number of aromatic nitrogens is 6. The fraction of sp³-hybridized carbons (Fsp3) is 0.647. The molecular weight excluding hydrogens is 492 g/mol. The number of aliphatic hydroxyl groups excluding tert-OH is 7. The molecule has 2 aliphatic rings. The van der Waals surface area contributed by atoms with Gasteiger partial charge in [-0.2, -0.15) is 9.97 Å². The maximum atomic E-state index is 11.5. The molecule has 2 unspecified atom stereocenters. The molecule has 0 bridgehead atoms. The van der Waals surface area contributed by atoms with Gasteiger partial charge in [0.1, 0.15) is 49.3 Å². The third-order valence-corrected chi connectivity index (χ3v) is 5.07. The molecule has 4 heterocycles. The molecule has 2 fully saturated rings. The lowest BCUT2D eigenvalue weighted by molar-refractivity contribution is -0.0554. The highest BCUT2D eigenvalue weighted by Gasteiger charge is 2.44. The van der Waals surface area contributed by atoms with Gasteiger partial charge >= 0.3 is 11.4 Å². The van der Waals surface area contributed by atoms with Crippen LogP contribution in [0.4, 0.5) is 11.9 Å². The summed E-state index contributed by atoms with van der Waals surface area (Å²) < 4.78 is 12.1. The molecule has 19 heteroatoms. The van der Waals surface area contributed by atoms with E-state index in [9.17, 15) is 30.0 Å². The summed E-state index contributed by atoms with van der Waals surface area (Å²) in [6, 6.07) is 0. The first-order valence-electron chi connectivity index (χ1n) is 10.2. The Morgan fingerprint density at radius 1 is 0.750 bits per heavy atom. The fourth-order valence-electron chi connectivity index (χ4n) is 3.28. The van der Waals surface area contributed by atoms with Crippen LogP contribution in [0.1, 0.15) is 12.5 Å². The highest BCUT2D eigenvalue weighted by molar-refractivity contribution is 5.10. The molecule has 0 amide bonds. The summed E-state index contributed by atoms with van der Waals surface area (Å²) >= 11 is 0. The third kappa shape index (κ3) is 6.16. The van der Waals surface area contributed by atoms with Crippen LogP contribution in [0.25, 0.3) is 0 Å². The largest absolute Gasteiger partial charge is 0.400 e. The summed E-state index contributed by atoms with van der Waals surface area (Å²) in [6.45, 7) is -0.946. The SMILES string of the molecule is CO.Nc1ncn([C@@H]2O[C@H](CO)[C@H](O)C2O)c(=O)n1.Nc1ncn([C@@H]2O[C@H](CO)[C@H](O)C2O)c(=O)n1. The second-order valence-electron chi connectivity index (χ2n) is 7.27. The number of hydrogen-bond acceptors (Lipinski definition) is 17. The predicted octanol–water partition coefficient (Wildman–Crippen LogP) is -6.73. The van der Waals surface area contributed by atoms with Gasteiger partial charge in [0, 0.05) is 7.11 Å². The molecule has 36 heavy (non-hydrogen) atoms. The topological polar surface area (TPSA) is 308 Å². The Morgan fingerprint density at radius 3 is 1.33 bits per heavy atom. The van der Waals surface area contributed by atoms with E-state index in [1.807, 2.05) is 0 Å². The van der Waals surface area contributed by atoms with E-state index in [1.165, 1.54) is 0 Å². The number of ether oxygens (including phenoxy) is 2.